The summed E-state index contributed by atoms with van der Waals surface area (Å²) in [5.74, 6) is 0.184. The molecule has 1 aromatic carbocycles. The molecule has 1 aliphatic heterocycles. The van der Waals surface area contributed by atoms with Crippen LogP contribution in [0.5, 0.6) is 0 Å². The van der Waals surface area contributed by atoms with E-state index in [1.165, 1.54) is 7.11 Å². The number of hydrogen-bond acceptors (Lipinski definition) is 5. The summed E-state index contributed by atoms with van der Waals surface area (Å²) in [5.41, 5.74) is 1.16. The monoisotopic (exact) mass is 258 g/mol. The van der Waals surface area contributed by atoms with Crippen molar-refractivity contribution in [3.05, 3.63) is 41.7 Å². The van der Waals surface area contributed by atoms with Crippen molar-refractivity contribution in [2.75, 3.05) is 19.0 Å². The molecule has 0 spiro atoms. The van der Waals surface area contributed by atoms with Gasteiger partial charge in [-0.3, -0.25) is 0 Å². The molecular weight excluding hydrogens is 244 g/mol. The highest BCUT2D eigenvalue weighted by molar-refractivity contribution is 5.85. The van der Waals surface area contributed by atoms with E-state index in [4.69, 9.17) is 0 Å². The molecule has 3 rings (SSSR count). The smallest absolute Gasteiger partial charge is 0.378 e. The van der Waals surface area contributed by atoms with Crippen molar-refractivity contribution in [1.82, 2.24) is 14.8 Å². The Morgan fingerprint density at radius 1 is 1.42 bits per heavy atom. The maximum atomic E-state index is 11.5. The number of nitrogens with one attached hydrogen (secondary N) is 1. The van der Waals surface area contributed by atoms with Gasteiger partial charge in [-0.2, -0.15) is 4.98 Å². The highest BCUT2D eigenvalue weighted by atomic mass is 16.5. The summed E-state index contributed by atoms with van der Waals surface area (Å²) in [6.45, 7) is 0.804. The molecule has 0 bridgehead atoms. The van der Waals surface area contributed by atoms with E-state index >= 15 is 0 Å². The second-order valence-corrected chi connectivity index (χ2v) is 4.34. The number of carbonyl (C=O) groups is 1. The second-order valence-electron chi connectivity index (χ2n) is 4.34. The van der Waals surface area contributed by atoms with Crippen LogP contribution in [0.3, 0.4) is 0 Å². The SMILES string of the molecule is COC(=O)c1nc2n(n1)C(c1ccccc1)CCN2. The molecule has 98 valence electrons. The van der Waals surface area contributed by atoms with Crippen LogP contribution in [0, 0.1) is 0 Å². The fourth-order valence-electron chi connectivity index (χ4n) is 2.26. The van der Waals surface area contributed by atoms with Gasteiger partial charge in [-0.25, -0.2) is 9.48 Å². The van der Waals surface area contributed by atoms with E-state index < -0.39 is 5.97 Å². The molecule has 19 heavy (non-hydrogen) atoms. The lowest BCUT2D eigenvalue weighted by atomic mass is 10.0. The average molecular weight is 258 g/mol. The van der Waals surface area contributed by atoms with Gasteiger partial charge in [-0.05, 0) is 12.0 Å². The third-order valence-electron chi connectivity index (χ3n) is 3.18. The number of benzene rings is 1. The molecule has 6 heteroatoms. The minimum absolute atomic E-state index is 0.0906. The van der Waals surface area contributed by atoms with Crippen LogP contribution in [-0.4, -0.2) is 34.4 Å². The molecular formula is C13H14N4O2. The molecule has 0 saturated carbocycles. The Hall–Kier alpha value is -2.37. The quantitative estimate of drug-likeness (QED) is 0.826. The van der Waals surface area contributed by atoms with Crippen LogP contribution >= 0.6 is 0 Å². The molecule has 6 nitrogen and oxygen atoms in total. The highest BCUT2D eigenvalue weighted by Crippen LogP contribution is 2.28. The molecule has 1 N–H and O–H groups in total. The summed E-state index contributed by atoms with van der Waals surface area (Å²) in [6, 6.07) is 10.2. The van der Waals surface area contributed by atoms with E-state index in [1.54, 1.807) is 4.68 Å². The first kappa shape index (κ1) is 11.7. The Labute approximate surface area is 110 Å². The Balaban J connectivity index is 2.00. The number of rotatable bonds is 2. The summed E-state index contributed by atoms with van der Waals surface area (Å²) < 4.78 is 6.40. The van der Waals surface area contributed by atoms with Gasteiger partial charge in [0.2, 0.25) is 5.95 Å². The fraction of sp³-hybridized carbons (Fsp3) is 0.308. The lowest BCUT2D eigenvalue weighted by Crippen LogP contribution is -2.24. The van der Waals surface area contributed by atoms with Crippen LogP contribution in [-0.2, 0) is 4.74 Å². The predicted molar refractivity (Wildman–Crippen MR) is 69.0 cm³/mol. The first-order valence-corrected chi connectivity index (χ1v) is 6.13. The Morgan fingerprint density at radius 3 is 2.95 bits per heavy atom. The number of ether oxygens (including phenoxy) is 1. The lowest BCUT2D eigenvalue weighted by molar-refractivity contribution is 0.0586. The number of hydrogen-bond donors (Lipinski definition) is 1. The van der Waals surface area contributed by atoms with Gasteiger partial charge in [0.25, 0.3) is 5.82 Å². The van der Waals surface area contributed by atoms with E-state index in [0.29, 0.717) is 5.95 Å². The Morgan fingerprint density at radius 2 is 2.21 bits per heavy atom. The lowest BCUT2D eigenvalue weighted by Gasteiger charge is -2.24. The summed E-state index contributed by atoms with van der Waals surface area (Å²) in [6.07, 6.45) is 0.904. The molecule has 0 saturated heterocycles. The van der Waals surface area contributed by atoms with Crippen molar-refractivity contribution in [3.63, 3.8) is 0 Å². The Kier molecular flexibility index (Phi) is 2.91. The van der Waals surface area contributed by atoms with Crippen LogP contribution in [0.4, 0.5) is 5.95 Å². The van der Waals surface area contributed by atoms with Crippen LogP contribution in [0.2, 0.25) is 0 Å². The number of aromatic nitrogens is 3. The van der Waals surface area contributed by atoms with Gasteiger partial charge in [0, 0.05) is 6.54 Å². The van der Waals surface area contributed by atoms with Gasteiger partial charge in [0.05, 0.1) is 13.2 Å². The van der Waals surface area contributed by atoms with Crippen molar-refractivity contribution in [2.24, 2.45) is 0 Å². The molecule has 0 radical (unpaired) electrons. The first-order chi connectivity index (χ1) is 9.29. The minimum atomic E-state index is -0.518. The maximum absolute atomic E-state index is 11.5. The number of anilines is 1. The zero-order chi connectivity index (χ0) is 13.2. The van der Waals surface area contributed by atoms with Crippen molar-refractivity contribution in [1.29, 1.82) is 0 Å². The van der Waals surface area contributed by atoms with Crippen molar-refractivity contribution in [3.8, 4) is 0 Å². The van der Waals surface area contributed by atoms with Crippen LogP contribution in [0.1, 0.15) is 28.6 Å². The van der Waals surface area contributed by atoms with Gasteiger partial charge in [-0.15, -0.1) is 5.10 Å². The predicted octanol–water partition coefficient (Wildman–Crippen LogP) is 1.47. The maximum Gasteiger partial charge on any atom is 0.378 e. The molecule has 2 heterocycles. The summed E-state index contributed by atoms with van der Waals surface area (Å²) in [4.78, 5) is 15.6. The average Bonchev–Trinajstić information content (AvgIpc) is 2.91. The number of methoxy groups -OCH3 is 1. The van der Waals surface area contributed by atoms with Crippen LogP contribution in [0.15, 0.2) is 30.3 Å². The standard InChI is InChI=1S/C13H14N4O2/c1-19-12(18)11-15-13-14-8-7-10(17(13)16-11)9-5-3-2-4-6-9/h2-6,10H,7-8H2,1H3,(H,14,15,16). The molecule has 2 aromatic rings. The van der Waals surface area contributed by atoms with Gasteiger partial charge >= 0.3 is 5.97 Å². The van der Waals surface area contributed by atoms with Crippen LogP contribution < -0.4 is 5.32 Å². The third kappa shape index (κ3) is 2.05. The van der Waals surface area contributed by atoms with E-state index in [2.05, 4.69) is 32.3 Å². The van der Waals surface area contributed by atoms with E-state index in [0.717, 1.165) is 18.5 Å². The third-order valence-corrected chi connectivity index (χ3v) is 3.18. The van der Waals surface area contributed by atoms with Crippen molar-refractivity contribution in [2.45, 2.75) is 12.5 Å². The first-order valence-electron chi connectivity index (χ1n) is 6.13. The largest absolute Gasteiger partial charge is 0.463 e. The van der Waals surface area contributed by atoms with Gasteiger partial charge in [0.15, 0.2) is 0 Å². The number of fused-ring (bicyclic) bond motifs is 1. The summed E-state index contributed by atoms with van der Waals surface area (Å²) in [7, 11) is 1.32. The van der Waals surface area contributed by atoms with Crippen LogP contribution in [0.25, 0.3) is 0 Å². The van der Waals surface area contributed by atoms with Gasteiger partial charge in [0.1, 0.15) is 0 Å². The van der Waals surface area contributed by atoms with E-state index in [1.807, 2.05) is 18.2 Å². The van der Waals surface area contributed by atoms with Gasteiger partial charge in [-0.1, -0.05) is 30.3 Å². The molecule has 1 aromatic heterocycles. The highest BCUT2D eigenvalue weighted by Gasteiger charge is 2.26. The fourth-order valence-corrected chi connectivity index (χ4v) is 2.26. The molecule has 1 atom stereocenters. The topological polar surface area (TPSA) is 69.0 Å². The Bertz CT molecular complexity index is 594. The zero-order valence-electron chi connectivity index (χ0n) is 10.5. The minimum Gasteiger partial charge on any atom is -0.463 e. The summed E-state index contributed by atoms with van der Waals surface area (Å²) in [5, 5.41) is 7.39. The summed E-state index contributed by atoms with van der Waals surface area (Å²) >= 11 is 0. The van der Waals surface area contributed by atoms with Crippen molar-refractivity contribution < 1.29 is 9.53 Å². The second kappa shape index (κ2) is 4.72. The number of nitrogens with zero attached hydrogens (tertiary/aromatic N) is 3. The molecule has 0 aliphatic carbocycles. The molecule has 1 aliphatic rings. The molecule has 1 unspecified atom stereocenters. The van der Waals surface area contributed by atoms with E-state index in [9.17, 15) is 4.79 Å². The van der Waals surface area contributed by atoms with Crippen molar-refractivity contribution >= 4 is 11.9 Å². The number of carbonyl (C=O) groups excluding carboxylic acids is 1. The number of esters is 1. The molecule has 0 fully saturated rings. The normalized spacial score (nSPS) is 17.4. The van der Waals surface area contributed by atoms with Gasteiger partial charge < -0.3 is 10.1 Å². The zero-order valence-corrected chi connectivity index (χ0v) is 10.5. The molecule has 0 amide bonds. The van der Waals surface area contributed by atoms with E-state index in [-0.39, 0.29) is 11.9 Å².